The number of fused-ring (bicyclic) bond motifs is 1. The molecule has 0 radical (unpaired) electrons. The van der Waals surface area contributed by atoms with Crippen LogP contribution in [0.25, 0.3) is 0 Å². The van der Waals surface area contributed by atoms with Crippen LogP contribution >= 0.6 is 0 Å². The molecule has 0 aliphatic carbocycles. The smallest absolute Gasteiger partial charge is 0.416 e. The standard InChI is InChI=1S/C33H30F6N6O5/c1-2-23-15-26(25-14-21(32(34,35)36)5-6-27(25)45(23)31(48)50-10-7-28(46)47)44-29(20-11-19(16-41)12-22(13-20)33(37,38)39)30-42-17-24(18-43-30)49-9-4-3-8-40/h5-6,11-14,17-18,23,26,29,44H,2-4,7,9-10,15H2,1H3,(H,46,47)/t23-,26+,29?/m1/s1. The second-order valence-corrected chi connectivity index (χ2v) is 11.2. The third-order valence-electron chi connectivity index (χ3n) is 7.79. The van der Waals surface area contributed by atoms with Gasteiger partial charge in [0.1, 0.15) is 12.4 Å². The number of hydrogen-bond donors (Lipinski definition) is 2. The van der Waals surface area contributed by atoms with Crippen molar-refractivity contribution in [2.24, 2.45) is 0 Å². The molecule has 2 aromatic carbocycles. The molecule has 2 N–H and O–H groups in total. The molecular formula is C33H30F6N6O5. The van der Waals surface area contributed by atoms with Gasteiger partial charge in [-0.25, -0.2) is 14.8 Å². The molecule has 3 aromatic rings. The fourth-order valence-corrected chi connectivity index (χ4v) is 5.44. The summed E-state index contributed by atoms with van der Waals surface area (Å²) >= 11 is 0. The molecule has 2 heterocycles. The van der Waals surface area contributed by atoms with Gasteiger partial charge < -0.3 is 14.6 Å². The van der Waals surface area contributed by atoms with Crippen LogP contribution in [0, 0.1) is 22.7 Å². The number of carbonyl (C=O) groups is 2. The normalized spacial score (nSPS) is 16.5. The van der Waals surface area contributed by atoms with Gasteiger partial charge in [0.05, 0.1) is 66.0 Å². The van der Waals surface area contributed by atoms with Gasteiger partial charge in [-0.1, -0.05) is 6.92 Å². The number of benzene rings is 2. The minimum atomic E-state index is -4.86. The molecule has 0 saturated carbocycles. The van der Waals surface area contributed by atoms with Crippen LogP contribution in [0.3, 0.4) is 0 Å². The van der Waals surface area contributed by atoms with E-state index < -0.39 is 66.7 Å². The minimum absolute atomic E-state index is 0.0106. The summed E-state index contributed by atoms with van der Waals surface area (Å²) in [7, 11) is 0. The first-order valence-electron chi connectivity index (χ1n) is 15.2. The van der Waals surface area contributed by atoms with Gasteiger partial charge in [-0.2, -0.15) is 36.9 Å². The maximum atomic E-state index is 14.0. The highest BCUT2D eigenvalue weighted by Crippen LogP contribution is 2.43. The number of halogens is 6. The van der Waals surface area contributed by atoms with E-state index >= 15 is 0 Å². The van der Waals surface area contributed by atoms with Crippen molar-refractivity contribution in [1.82, 2.24) is 15.3 Å². The van der Waals surface area contributed by atoms with E-state index in [9.17, 15) is 41.2 Å². The number of aliphatic carboxylic acids is 1. The predicted molar refractivity (Wildman–Crippen MR) is 162 cm³/mol. The van der Waals surface area contributed by atoms with Crippen LogP contribution < -0.4 is 15.0 Å². The lowest BCUT2D eigenvalue weighted by molar-refractivity contribution is -0.138. The summed E-state index contributed by atoms with van der Waals surface area (Å²) in [5, 5.41) is 30.3. The molecule has 11 nitrogen and oxygen atoms in total. The van der Waals surface area contributed by atoms with E-state index in [-0.39, 0.29) is 59.8 Å². The fraction of sp³-hybridized carbons (Fsp3) is 0.394. The van der Waals surface area contributed by atoms with E-state index in [0.717, 1.165) is 29.2 Å². The van der Waals surface area contributed by atoms with E-state index in [4.69, 9.17) is 19.8 Å². The van der Waals surface area contributed by atoms with Gasteiger partial charge in [0, 0.05) is 18.5 Å². The fourth-order valence-electron chi connectivity index (χ4n) is 5.44. The van der Waals surface area contributed by atoms with Crippen molar-refractivity contribution in [1.29, 1.82) is 10.5 Å². The molecule has 1 aliphatic heterocycles. The summed E-state index contributed by atoms with van der Waals surface area (Å²) in [4.78, 5) is 33.8. The Labute approximate surface area is 282 Å². The highest BCUT2D eigenvalue weighted by molar-refractivity contribution is 5.90. The van der Waals surface area contributed by atoms with E-state index in [0.29, 0.717) is 12.5 Å². The SMILES string of the molecule is CC[C@@H]1C[C@H](NC(c2cc(C#N)cc(C(F)(F)F)c2)c2ncc(OCCCC#N)cn2)c2cc(C(F)(F)F)ccc2N1C(=O)OCCC(=O)O. The zero-order chi connectivity index (χ0) is 36.6. The van der Waals surface area contributed by atoms with Gasteiger partial charge in [-0.05, 0) is 66.8 Å². The Morgan fingerprint density at radius 3 is 2.34 bits per heavy atom. The molecule has 0 fully saturated rings. The number of nitrogens with zero attached hydrogens (tertiary/aromatic N) is 5. The molecule has 0 bridgehead atoms. The first-order valence-corrected chi connectivity index (χ1v) is 15.2. The van der Waals surface area contributed by atoms with E-state index in [1.54, 1.807) is 13.0 Å². The lowest BCUT2D eigenvalue weighted by atomic mass is 9.87. The molecule has 4 rings (SSSR count). The van der Waals surface area contributed by atoms with Gasteiger partial charge in [0.25, 0.3) is 0 Å². The Bertz CT molecular complexity index is 1770. The second kappa shape index (κ2) is 15.9. The summed E-state index contributed by atoms with van der Waals surface area (Å²) in [6.07, 6.45) is -7.81. The van der Waals surface area contributed by atoms with Gasteiger partial charge in [0.15, 0.2) is 5.75 Å². The number of amides is 1. The third kappa shape index (κ3) is 9.17. The number of rotatable bonds is 12. The molecule has 0 saturated heterocycles. The highest BCUT2D eigenvalue weighted by atomic mass is 19.4. The lowest BCUT2D eigenvalue weighted by Crippen LogP contribution is -2.47. The number of ether oxygens (including phenoxy) is 2. The number of alkyl halides is 6. The van der Waals surface area contributed by atoms with E-state index in [1.807, 2.05) is 6.07 Å². The first kappa shape index (κ1) is 37.4. The number of anilines is 1. The molecular weight excluding hydrogens is 674 g/mol. The van der Waals surface area contributed by atoms with Gasteiger partial charge in [-0.15, -0.1) is 0 Å². The Morgan fingerprint density at radius 2 is 1.74 bits per heavy atom. The minimum Gasteiger partial charge on any atom is -0.490 e. The number of carbonyl (C=O) groups excluding carboxylic acids is 1. The van der Waals surface area contributed by atoms with Crippen LogP contribution in [0.5, 0.6) is 5.75 Å². The number of unbranched alkanes of at least 4 members (excludes halogenated alkanes) is 1. The lowest BCUT2D eigenvalue weighted by Gasteiger charge is -2.41. The molecule has 3 atom stereocenters. The van der Waals surface area contributed by atoms with Crippen LogP contribution in [-0.4, -0.2) is 46.4 Å². The average Bonchev–Trinajstić information content (AvgIpc) is 3.07. The molecule has 50 heavy (non-hydrogen) atoms. The summed E-state index contributed by atoms with van der Waals surface area (Å²) in [5.41, 5.74) is -2.71. The molecule has 1 aliphatic rings. The van der Waals surface area contributed by atoms with Crippen molar-refractivity contribution < 1.29 is 50.5 Å². The average molecular weight is 705 g/mol. The maximum absolute atomic E-state index is 14.0. The van der Waals surface area contributed by atoms with Gasteiger partial charge in [-0.3, -0.25) is 15.0 Å². The predicted octanol–water partition coefficient (Wildman–Crippen LogP) is 7.09. The highest BCUT2D eigenvalue weighted by Gasteiger charge is 2.41. The second-order valence-electron chi connectivity index (χ2n) is 11.2. The Morgan fingerprint density at radius 1 is 1.04 bits per heavy atom. The van der Waals surface area contributed by atoms with Crippen molar-refractivity contribution >= 4 is 17.7 Å². The van der Waals surface area contributed by atoms with E-state index in [2.05, 4.69) is 15.3 Å². The summed E-state index contributed by atoms with van der Waals surface area (Å²) in [6, 6.07) is 5.89. The van der Waals surface area contributed by atoms with Crippen LogP contribution in [0.1, 0.15) is 84.8 Å². The Balaban J connectivity index is 1.83. The van der Waals surface area contributed by atoms with Crippen LogP contribution in [0.4, 0.5) is 36.8 Å². The molecule has 0 spiro atoms. The molecule has 264 valence electrons. The van der Waals surface area contributed by atoms with Crippen LogP contribution in [-0.2, 0) is 21.9 Å². The number of aromatic nitrogens is 2. The van der Waals surface area contributed by atoms with Crippen molar-refractivity contribution in [3.63, 3.8) is 0 Å². The largest absolute Gasteiger partial charge is 0.490 e. The van der Waals surface area contributed by atoms with E-state index in [1.165, 1.54) is 18.5 Å². The van der Waals surface area contributed by atoms with Crippen molar-refractivity contribution in [3.8, 4) is 17.9 Å². The topological polar surface area (TPSA) is 161 Å². The first-order chi connectivity index (χ1) is 23.7. The van der Waals surface area contributed by atoms with Gasteiger partial charge in [0.2, 0.25) is 0 Å². The number of nitriles is 2. The van der Waals surface area contributed by atoms with Crippen LogP contribution in [0.15, 0.2) is 48.8 Å². The quantitative estimate of drug-likeness (QED) is 0.147. The Hall–Kier alpha value is -5.42. The zero-order valence-corrected chi connectivity index (χ0v) is 26.4. The monoisotopic (exact) mass is 704 g/mol. The van der Waals surface area contributed by atoms with Crippen molar-refractivity contribution in [3.05, 3.63) is 82.4 Å². The molecule has 1 aromatic heterocycles. The van der Waals surface area contributed by atoms with Gasteiger partial charge >= 0.3 is 24.4 Å². The summed E-state index contributed by atoms with van der Waals surface area (Å²) in [6.45, 7) is 1.37. The number of carboxylic acids is 1. The third-order valence-corrected chi connectivity index (χ3v) is 7.79. The Kier molecular flexibility index (Phi) is 11.9. The summed E-state index contributed by atoms with van der Waals surface area (Å²) < 4.78 is 94.4. The van der Waals surface area contributed by atoms with Crippen molar-refractivity contribution in [2.45, 2.75) is 69.5 Å². The maximum Gasteiger partial charge on any atom is 0.416 e. The van der Waals surface area contributed by atoms with Crippen LogP contribution in [0.2, 0.25) is 0 Å². The number of nitrogens with one attached hydrogen (secondary N) is 1. The molecule has 1 amide bonds. The van der Waals surface area contributed by atoms with Crippen molar-refractivity contribution in [2.75, 3.05) is 18.1 Å². The number of hydrogen-bond acceptors (Lipinski definition) is 9. The molecule has 17 heteroatoms. The zero-order valence-electron chi connectivity index (χ0n) is 26.4. The molecule has 1 unspecified atom stereocenters. The summed E-state index contributed by atoms with van der Waals surface area (Å²) in [5.74, 6) is -1.15. The number of carboxylic acid groups (broad SMARTS) is 1.